The normalized spacial score (nSPS) is 12.7. The van der Waals surface area contributed by atoms with Crippen molar-refractivity contribution in [3.63, 3.8) is 0 Å². The molecule has 0 saturated carbocycles. The molecule has 0 amide bonds. The topological polar surface area (TPSA) is 60.6 Å². The molecular weight excluding hydrogens is 355 g/mol. The lowest BCUT2D eigenvalue weighted by molar-refractivity contribution is 0.350. The van der Waals surface area contributed by atoms with Crippen molar-refractivity contribution >= 4 is 16.6 Å². The minimum absolute atomic E-state index is 0.172. The summed E-state index contributed by atoms with van der Waals surface area (Å²) < 4.78 is 19.0. The van der Waals surface area contributed by atoms with Crippen LogP contribution in [0.4, 0.5) is 10.2 Å². The van der Waals surface area contributed by atoms with Gasteiger partial charge in [-0.05, 0) is 64.5 Å². The zero-order valence-corrected chi connectivity index (χ0v) is 18.0. The molecule has 0 spiro atoms. The van der Waals surface area contributed by atoms with E-state index in [-0.39, 0.29) is 16.9 Å². The number of anilines is 1. The predicted octanol–water partition coefficient (Wildman–Crippen LogP) is 5.20. The van der Waals surface area contributed by atoms with Gasteiger partial charge in [-0.1, -0.05) is 25.5 Å². The number of fused-ring (bicyclic) bond motifs is 1. The summed E-state index contributed by atoms with van der Waals surface area (Å²) in [5.74, 6) is 1.23. The summed E-state index contributed by atoms with van der Waals surface area (Å²) in [7, 11) is 0. The van der Waals surface area contributed by atoms with Crippen molar-refractivity contribution in [2.24, 2.45) is 0 Å². The maximum absolute atomic E-state index is 15.1. The van der Waals surface area contributed by atoms with Gasteiger partial charge in [0, 0.05) is 22.9 Å². The molecule has 1 aromatic carbocycles. The number of hydrogen-bond donors (Lipinski definition) is 1. The van der Waals surface area contributed by atoms with Crippen LogP contribution in [0.25, 0.3) is 22.3 Å². The van der Waals surface area contributed by atoms with Crippen LogP contribution in [0.1, 0.15) is 61.3 Å². The molecule has 6 nitrogen and oxygen atoms in total. The number of benzene rings is 1. The molecular formula is C21H31FN6. The first-order valence-corrected chi connectivity index (χ1v) is 9.92. The SMILES string of the molecule is CCCCn1c(NC(C)(C)C)c2cccc(F)c2c1-c1nnnn1C(C)(C)C. The van der Waals surface area contributed by atoms with Crippen molar-refractivity contribution in [1.29, 1.82) is 0 Å². The Bertz CT molecular complexity index is 971. The van der Waals surface area contributed by atoms with E-state index in [1.54, 1.807) is 10.7 Å². The Balaban J connectivity index is 2.40. The number of unbranched alkanes of at least 4 members (excludes halogenated alkanes) is 1. The van der Waals surface area contributed by atoms with E-state index in [2.05, 4.69) is 53.1 Å². The van der Waals surface area contributed by atoms with Crippen molar-refractivity contribution < 1.29 is 4.39 Å². The van der Waals surface area contributed by atoms with Crippen molar-refractivity contribution in [1.82, 2.24) is 24.8 Å². The minimum atomic E-state index is -0.326. The number of tetrazole rings is 1. The van der Waals surface area contributed by atoms with Crippen molar-refractivity contribution in [3.8, 4) is 11.5 Å². The third-order valence-electron chi connectivity index (χ3n) is 4.59. The zero-order chi connectivity index (χ0) is 20.7. The van der Waals surface area contributed by atoms with Crippen LogP contribution in [0.3, 0.4) is 0 Å². The quantitative estimate of drug-likeness (QED) is 0.655. The van der Waals surface area contributed by atoms with Crippen molar-refractivity contribution in [2.45, 2.75) is 78.9 Å². The highest BCUT2D eigenvalue weighted by molar-refractivity contribution is 6.03. The van der Waals surface area contributed by atoms with E-state index >= 15 is 4.39 Å². The van der Waals surface area contributed by atoms with E-state index in [4.69, 9.17) is 0 Å². The Kier molecular flexibility index (Phi) is 5.21. The van der Waals surface area contributed by atoms with Gasteiger partial charge in [0.1, 0.15) is 17.3 Å². The van der Waals surface area contributed by atoms with Crippen molar-refractivity contribution in [3.05, 3.63) is 24.0 Å². The molecule has 0 fully saturated rings. The molecule has 3 rings (SSSR count). The Hall–Kier alpha value is -2.44. The fraction of sp³-hybridized carbons (Fsp3) is 0.571. The summed E-state index contributed by atoms with van der Waals surface area (Å²) in [4.78, 5) is 0. The molecule has 1 N–H and O–H groups in total. The first-order chi connectivity index (χ1) is 13.0. The maximum atomic E-state index is 15.1. The third-order valence-corrected chi connectivity index (χ3v) is 4.59. The Morgan fingerprint density at radius 2 is 1.82 bits per heavy atom. The first-order valence-electron chi connectivity index (χ1n) is 9.92. The standard InChI is InChI=1S/C21H31FN6/c1-8-9-13-27-17(19-24-25-26-28(19)21(5,6)7)16-14(11-10-12-15(16)22)18(27)23-20(2,3)4/h10-12,23H,8-9,13H2,1-7H3. The molecule has 0 unspecified atom stereocenters. The highest BCUT2D eigenvalue weighted by Crippen LogP contribution is 2.40. The van der Waals surface area contributed by atoms with Gasteiger partial charge in [-0.15, -0.1) is 5.10 Å². The smallest absolute Gasteiger partial charge is 0.199 e. The Labute approximate surface area is 166 Å². The van der Waals surface area contributed by atoms with Gasteiger partial charge in [-0.3, -0.25) is 0 Å². The first kappa shape index (κ1) is 20.3. The summed E-state index contributed by atoms with van der Waals surface area (Å²) in [5, 5.41) is 17.4. The minimum Gasteiger partial charge on any atom is -0.366 e. The van der Waals surface area contributed by atoms with E-state index in [9.17, 15) is 0 Å². The van der Waals surface area contributed by atoms with Crippen LogP contribution >= 0.6 is 0 Å². The molecule has 0 atom stereocenters. The van der Waals surface area contributed by atoms with Crippen LogP contribution in [0.5, 0.6) is 0 Å². The molecule has 0 saturated heterocycles. The van der Waals surface area contributed by atoms with Gasteiger partial charge >= 0.3 is 0 Å². The molecule has 7 heteroatoms. The summed E-state index contributed by atoms with van der Waals surface area (Å²) in [6, 6.07) is 5.22. The van der Waals surface area contributed by atoms with E-state index in [0.29, 0.717) is 11.2 Å². The lowest BCUT2D eigenvalue weighted by Gasteiger charge is -2.25. The lowest BCUT2D eigenvalue weighted by atomic mass is 10.1. The predicted molar refractivity (Wildman–Crippen MR) is 112 cm³/mol. The average molecular weight is 387 g/mol. The zero-order valence-electron chi connectivity index (χ0n) is 18.0. The van der Waals surface area contributed by atoms with Gasteiger partial charge < -0.3 is 9.88 Å². The third kappa shape index (κ3) is 3.75. The number of aromatic nitrogens is 5. The van der Waals surface area contributed by atoms with Crippen LogP contribution in [0.2, 0.25) is 0 Å². The Morgan fingerprint density at radius 3 is 2.43 bits per heavy atom. The van der Waals surface area contributed by atoms with Gasteiger partial charge in [0.2, 0.25) is 0 Å². The van der Waals surface area contributed by atoms with Crippen LogP contribution in [0, 0.1) is 5.82 Å². The highest BCUT2D eigenvalue weighted by Gasteiger charge is 2.29. The number of rotatable bonds is 5. The summed E-state index contributed by atoms with van der Waals surface area (Å²) in [6.45, 7) is 15.3. The summed E-state index contributed by atoms with van der Waals surface area (Å²) in [6.07, 6.45) is 2.02. The molecule has 28 heavy (non-hydrogen) atoms. The van der Waals surface area contributed by atoms with Gasteiger partial charge in [0.25, 0.3) is 0 Å². The molecule has 0 aliphatic rings. The number of halogens is 1. The van der Waals surface area contributed by atoms with E-state index < -0.39 is 0 Å². The molecule has 152 valence electrons. The van der Waals surface area contributed by atoms with E-state index in [1.165, 1.54) is 6.07 Å². The maximum Gasteiger partial charge on any atom is 0.199 e. The van der Waals surface area contributed by atoms with Gasteiger partial charge in [-0.2, -0.15) is 0 Å². The largest absolute Gasteiger partial charge is 0.366 e. The molecule has 0 aliphatic carbocycles. The molecule has 0 radical (unpaired) electrons. The molecule has 0 aliphatic heterocycles. The second-order valence-electron chi connectivity index (χ2n) is 9.32. The summed E-state index contributed by atoms with van der Waals surface area (Å²) in [5.41, 5.74) is 0.232. The molecule has 2 heterocycles. The van der Waals surface area contributed by atoms with Crippen LogP contribution in [-0.4, -0.2) is 30.3 Å². The monoisotopic (exact) mass is 386 g/mol. The molecule has 3 aromatic rings. The van der Waals surface area contributed by atoms with Crippen molar-refractivity contribution in [2.75, 3.05) is 5.32 Å². The molecule has 0 bridgehead atoms. The van der Waals surface area contributed by atoms with E-state index in [0.717, 1.165) is 36.3 Å². The van der Waals surface area contributed by atoms with Crippen LogP contribution in [0.15, 0.2) is 18.2 Å². The van der Waals surface area contributed by atoms with Gasteiger partial charge in [0.15, 0.2) is 5.82 Å². The highest BCUT2D eigenvalue weighted by atomic mass is 19.1. The number of nitrogens with one attached hydrogen (secondary N) is 1. The Morgan fingerprint density at radius 1 is 1.11 bits per heavy atom. The van der Waals surface area contributed by atoms with Gasteiger partial charge in [0.05, 0.1) is 5.54 Å². The number of hydrogen-bond acceptors (Lipinski definition) is 4. The van der Waals surface area contributed by atoms with Crippen LogP contribution < -0.4 is 5.32 Å². The average Bonchev–Trinajstić information content (AvgIpc) is 3.15. The summed E-state index contributed by atoms with van der Waals surface area (Å²) >= 11 is 0. The molecule has 2 aromatic heterocycles. The second kappa shape index (κ2) is 7.18. The number of nitrogens with zero attached hydrogens (tertiary/aromatic N) is 5. The fourth-order valence-corrected chi connectivity index (χ4v) is 3.40. The lowest BCUT2D eigenvalue weighted by Crippen LogP contribution is -2.28. The fourth-order valence-electron chi connectivity index (χ4n) is 3.40. The van der Waals surface area contributed by atoms with Crippen LogP contribution in [-0.2, 0) is 12.1 Å². The second-order valence-corrected chi connectivity index (χ2v) is 9.32. The van der Waals surface area contributed by atoms with E-state index in [1.807, 2.05) is 26.8 Å². The van der Waals surface area contributed by atoms with Gasteiger partial charge in [-0.25, -0.2) is 9.07 Å².